The van der Waals surface area contributed by atoms with Crippen LogP contribution >= 0.6 is 0 Å². The number of ether oxygens (including phenoxy) is 1. The Kier molecular flexibility index (Phi) is 6.44. The number of aliphatic imine (C=N–C) groups is 1. The zero-order valence-corrected chi connectivity index (χ0v) is 17.0. The summed E-state index contributed by atoms with van der Waals surface area (Å²) < 4.78 is 74.0. The first-order chi connectivity index (χ1) is 15.1. The van der Waals surface area contributed by atoms with E-state index in [0.29, 0.717) is 6.07 Å². The first-order valence-corrected chi connectivity index (χ1v) is 9.42. The van der Waals surface area contributed by atoms with Gasteiger partial charge in [-0.25, -0.2) is 13.6 Å². The van der Waals surface area contributed by atoms with Crippen LogP contribution in [0.5, 0.6) is 0 Å². The van der Waals surface area contributed by atoms with E-state index in [0.717, 1.165) is 19.2 Å². The van der Waals surface area contributed by atoms with Crippen molar-refractivity contribution in [3.8, 4) is 0 Å². The number of carbonyl (C=O) groups is 1. The Bertz CT molecular complexity index is 1160. The lowest BCUT2D eigenvalue weighted by Crippen LogP contribution is -2.34. The summed E-state index contributed by atoms with van der Waals surface area (Å²) in [4.78, 5) is 20.2. The SMILES string of the molecule is [C-]#[N+]C1=C(Cc2ccccc2F)N=C(C)C(C(=O)OC)C1c1ccc(F)cc1C(F)(F)F. The molecule has 0 fully saturated rings. The van der Waals surface area contributed by atoms with Gasteiger partial charge in [0.2, 0.25) is 0 Å². The molecule has 0 N–H and O–H groups in total. The molecule has 2 unspecified atom stereocenters. The molecule has 0 amide bonds. The van der Waals surface area contributed by atoms with Gasteiger partial charge in [0.15, 0.2) is 5.70 Å². The Balaban J connectivity index is 2.28. The molecule has 0 spiro atoms. The molecule has 0 aliphatic carbocycles. The van der Waals surface area contributed by atoms with E-state index in [1.165, 1.54) is 25.1 Å². The van der Waals surface area contributed by atoms with Crippen molar-refractivity contribution in [2.75, 3.05) is 7.11 Å². The highest BCUT2D eigenvalue weighted by Crippen LogP contribution is 2.45. The van der Waals surface area contributed by atoms with E-state index in [2.05, 4.69) is 9.84 Å². The molecule has 4 nitrogen and oxygen atoms in total. The van der Waals surface area contributed by atoms with Crippen LogP contribution in [0.15, 0.2) is 58.9 Å². The number of allylic oxidation sites excluding steroid dienone is 2. The number of hydrogen-bond donors (Lipinski definition) is 0. The number of methoxy groups -OCH3 is 1. The third-order valence-corrected chi connectivity index (χ3v) is 5.23. The second kappa shape index (κ2) is 8.91. The van der Waals surface area contributed by atoms with Crippen molar-refractivity contribution in [2.24, 2.45) is 10.9 Å². The summed E-state index contributed by atoms with van der Waals surface area (Å²) in [7, 11) is 1.07. The molecular formula is C23H17F5N2O2. The van der Waals surface area contributed by atoms with Crippen molar-refractivity contribution in [1.29, 1.82) is 0 Å². The molecule has 0 bridgehead atoms. The first-order valence-electron chi connectivity index (χ1n) is 9.42. The lowest BCUT2D eigenvalue weighted by atomic mass is 9.76. The van der Waals surface area contributed by atoms with Gasteiger partial charge in [-0.1, -0.05) is 24.3 Å². The van der Waals surface area contributed by atoms with Crippen LogP contribution in [0.25, 0.3) is 4.85 Å². The van der Waals surface area contributed by atoms with E-state index in [-0.39, 0.29) is 29.1 Å². The average Bonchev–Trinajstić information content (AvgIpc) is 2.74. The van der Waals surface area contributed by atoms with E-state index >= 15 is 0 Å². The zero-order chi connectivity index (χ0) is 23.6. The molecule has 2 aromatic rings. The summed E-state index contributed by atoms with van der Waals surface area (Å²) in [5, 5.41) is 0. The summed E-state index contributed by atoms with van der Waals surface area (Å²) in [6, 6.07) is 7.79. The fraction of sp³-hybridized carbons (Fsp3) is 0.261. The third-order valence-electron chi connectivity index (χ3n) is 5.23. The van der Waals surface area contributed by atoms with Crippen LogP contribution in [-0.4, -0.2) is 18.8 Å². The number of hydrogen-bond acceptors (Lipinski definition) is 3. The summed E-state index contributed by atoms with van der Waals surface area (Å²) in [5.74, 6) is -5.34. The van der Waals surface area contributed by atoms with Gasteiger partial charge < -0.3 is 4.74 Å². The molecule has 3 rings (SSSR count). The summed E-state index contributed by atoms with van der Waals surface area (Å²) >= 11 is 0. The Morgan fingerprint density at radius 3 is 2.47 bits per heavy atom. The Morgan fingerprint density at radius 1 is 1.19 bits per heavy atom. The lowest BCUT2D eigenvalue weighted by Gasteiger charge is -2.31. The van der Waals surface area contributed by atoms with Crippen LogP contribution in [0.1, 0.15) is 29.5 Å². The van der Waals surface area contributed by atoms with Crippen molar-refractivity contribution in [3.63, 3.8) is 0 Å². The minimum absolute atomic E-state index is 0.0326. The molecule has 9 heteroatoms. The van der Waals surface area contributed by atoms with Gasteiger partial charge in [0.25, 0.3) is 0 Å². The zero-order valence-electron chi connectivity index (χ0n) is 17.0. The standard InChI is InChI=1S/C23H17F5N2O2/c1-12-19(22(31)32-3)20(15-9-8-14(24)11-16(15)23(26,27)28)21(29-2)18(30-12)10-13-6-4-5-7-17(13)25/h4-9,11,19-20H,10H2,1,3H3. The van der Waals surface area contributed by atoms with E-state index in [1.54, 1.807) is 6.07 Å². The second-order valence-electron chi connectivity index (χ2n) is 7.17. The van der Waals surface area contributed by atoms with Crippen LogP contribution in [-0.2, 0) is 22.1 Å². The van der Waals surface area contributed by atoms with Crippen molar-refractivity contribution < 1.29 is 31.5 Å². The molecule has 166 valence electrons. The maximum absolute atomic E-state index is 14.2. The van der Waals surface area contributed by atoms with E-state index < -0.39 is 46.7 Å². The largest absolute Gasteiger partial charge is 0.469 e. The van der Waals surface area contributed by atoms with Gasteiger partial charge in [-0.3, -0.25) is 9.79 Å². The molecule has 32 heavy (non-hydrogen) atoms. The van der Waals surface area contributed by atoms with Crippen molar-refractivity contribution in [3.05, 3.63) is 93.6 Å². The molecule has 2 atom stereocenters. The summed E-state index contributed by atoms with van der Waals surface area (Å²) in [5.41, 5.74) is -1.70. The number of nitrogens with zero attached hydrogens (tertiary/aromatic N) is 2. The number of rotatable bonds is 4. The number of halogens is 5. The van der Waals surface area contributed by atoms with Gasteiger partial charge in [0.05, 0.1) is 25.2 Å². The highest BCUT2D eigenvalue weighted by molar-refractivity contribution is 6.03. The molecule has 1 heterocycles. The molecule has 1 aliphatic heterocycles. The Labute approximate surface area is 180 Å². The highest BCUT2D eigenvalue weighted by Gasteiger charge is 2.45. The number of benzene rings is 2. The van der Waals surface area contributed by atoms with Crippen LogP contribution in [0.2, 0.25) is 0 Å². The van der Waals surface area contributed by atoms with Crippen LogP contribution in [0, 0.1) is 24.1 Å². The minimum atomic E-state index is -4.95. The lowest BCUT2D eigenvalue weighted by molar-refractivity contribution is -0.144. The quantitative estimate of drug-likeness (QED) is 0.342. The van der Waals surface area contributed by atoms with E-state index in [1.807, 2.05) is 0 Å². The number of carbonyl (C=O) groups excluding carboxylic acids is 1. The predicted octanol–water partition coefficient (Wildman–Crippen LogP) is 5.70. The minimum Gasteiger partial charge on any atom is -0.469 e. The number of alkyl halides is 3. The molecule has 2 aromatic carbocycles. The molecular weight excluding hydrogens is 431 g/mol. The molecule has 0 aromatic heterocycles. The van der Waals surface area contributed by atoms with E-state index in [4.69, 9.17) is 11.3 Å². The van der Waals surface area contributed by atoms with Gasteiger partial charge in [0, 0.05) is 23.7 Å². The maximum atomic E-state index is 14.2. The molecule has 0 saturated carbocycles. The van der Waals surface area contributed by atoms with Gasteiger partial charge in [-0.2, -0.15) is 13.2 Å². The van der Waals surface area contributed by atoms with Gasteiger partial charge >= 0.3 is 12.1 Å². The van der Waals surface area contributed by atoms with Gasteiger partial charge in [0.1, 0.15) is 11.6 Å². The monoisotopic (exact) mass is 448 g/mol. The third kappa shape index (κ3) is 4.40. The highest BCUT2D eigenvalue weighted by atomic mass is 19.4. The molecule has 0 saturated heterocycles. The smallest absolute Gasteiger partial charge is 0.416 e. The predicted molar refractivity (Wildman–Crippen MR) is 106 cm³/mol. The van der Waals surface area contributed by atoms with E-state index in [9.17, 15) is 26.7 Å². The second-order valence-corrected chi connectivity index (χ2v) is 7.17. The van der Waals surface area contributed by atoms with Crippen LogP contribution in [0.4, 0.5) is 22.0 Å². The van der Waals surface area contributed by atoms with Crippen LogP contribution in [0.3, 0.4) is 0 Å². The Morgan fingerprint density at radius 2 is 1.88 bits per heavy atom. The normalized spacial score (nSPS) is 18.8. The first kappa shape index (κ1) is 23.1. The molecule has 0 radical (unpaired) electrons. The number of esters is 1. The van der Waals surface area contributed by atoms with Crippen molar-refractivity contribution in [2.45, 2.75) is 25.4 Å². The summed E-state index contributed by atoms with van der Waals surface area (Å²) in [6.07, 6.45) is -5.12. The van der Waals surface area contributed by atoms with Gasteiger partial charge in [-0.05, 0) is 36.2 Å². The van der Waals surface area contributed by atoms with Crippen LogP contribution < -0.4 is 0 Å². The van der Waals surface area contributed by atoms with Crippen molar-refractivity contribution in [1.82, 2.24) is 0 Å². The topological polar surface area (TPSA) is 43.0 Å². The Hall–Kier alpha value is -3.54. The fourth-order valence-electron chi connectivity index (χ4n) is 3.81. The van der Waals surface area contributed by atoms with Crippen molar-refractivity contribution >= 4 is 11.7 Å². The average molecular weight is 448 g/mol. The van der Waals surface area contributed by atoms with Gasteiger partial charge in [-0.15, -0.1) is 0 Å². The molecule has 1 aliphatic rings. The maximum Gasteiger partial charge on any atom is 0.416 e. The fourth-order valence-corrected chi connectivity index (χ4v) is 3.81. The summed E-state index contributed by atoms with van der Waals surface area (Å²) in [6.45, 7) is 9.07.